The molecule has 0 spiro atoms. The molecule has 1 atom stereocenters. The smallest absolute Gasteiger partial charge is 0.145 e. The first-order chi connectivity index (χ1) is 4.87. The lowest BCUT2D eigenvalue weighted by molar-refractivity contribution is -0.105. The van der Waals surface area contributed by atoms with Crippen LogP contribution in [0.1, 0.15) is 34.1 Å². The summed E-state index contributed by atoms with van der Waals surface area (Å²) in [5.74, 6) is 0.312. The molecule has 0 aromatic rings. The predicted octanol–water partition coefficient (Wildman–Crippen LogP) is 2.81. The van der Waals surface area contributed by atoms with Crippen molar-refractivity contribution in [2.24, 2.45) is 11.3 Å². The fraction of sp³-hybridized carbons (Fsp3) is 0.700. The van der Waals surface area contributed by atoms with Crippen molar-refractivity contribution >= 4 is 6.29 Å². The van der Waals surface area contributed by atoms with Crippen LogP contribution in [0.3, 0.4) is 0 Å². The lowest BCUT2D eigenvalue weighted by atomic mass is 9.83. The topological polar surface area (TPSA) is 17.1 Å². The third-order valence-corrected chi connectivity index (χ3v) is 1.70. The van der Waals surface area contributed by atoms with Gasteiger partial charge in [-0.05, 0) is 23.3 Å². The van der Waals surface area contributed by atoms with Crippen LogP contribution in [0.25, 0.3) is 0 Å². The molecule has 0 aliphatic heterocycles. The first-order valence-electron chi connectivity index (χ1n) is 4.01. The Morgan fingerprint density at radius 1 is 1.55 bits per heavy atom. The van der Waals surface area contributed by atoms with E-state index in [2.05, 4.69) is 27.4 Å². The van der Waals surface area contributed by atoms with Crippen LogP contribution in [-0.2, 0) is 4.79 Å². The first-order valence-corrected chi connectivity index (χ1v) is 4.01. The van der Waals surface area contributed by atoms with E-state index in [1.54, 1.807) is 0 Å². The van der Waals surface area contributed by atoms with Crippen molar-refractivity contribution in [1.82, 2.24) is 0 Å². The molecule has 0 N–H and O–H groups in total. The van der Waals surface area contributed by atoms with Crippen LogP contribution < -0.4 is 0 Å². The standard InChI is InChI=1S/C10H18O/c1-8(9(2)7-11)6-10(3,4)5/h7-8H,2,6H2,1,3-5H3. The molecule has 0 aromatic heterocycles. The molecule has 1 heteroatoms. The first kappa shape index (κ1) is 10.4. The zero-order valence-corrected chi connectivity index (χ0v) is 7.98. The van der Waals surface area contributed by atoms with Crippen molar-refractivity contribution in [1.29, 1.82) is 0 Å². The Morgan fingerprint density at radius 3 is 2.27 bits per heavy atom. The summed E-state index contributed by atoms with van der Waals surface area (Å²) in [4.78, 5) is 10.3. The molecule has 0 rings (SSSR count). The number of rotatable bonds is 3. The Kier molecular flexibility index (Phi) is 3.50. The van der Waals surface area contributed by atoms with Gasteiger partial charge in [-0.15, -0.1) is 0 Å². The molecule has 64 valence electrons. The van der Waals surface area contributed by atoms with E-state index in [0.29, 0.717) is 11.5 Å². The van der Waals surface area contributed by atoms with E-state index in [-0.39, 0.29) is 5.41 Å². The summed E-state index contributed by atoms with van der Waals surface area (Å²) in [6.45, 7) is 12.2. The Balaban J connectivity index is 3.97. The number of aldehydes is 1. The minimum Gasteiger partial charge on any atom is -0.298 e. The Bertz CT molecular complexity index is 151. The van der Waals surface area contributed by atoms with E-state index in [1.807, 2.05) is 6.92 Å². The molecular weight excluding hydrogens is 136 g/mol. The van der Waals surface area contributed by atoms with Gasteiger partial charge in [0.1, 0.15) is 6.29 Å². The molecule has 0 fully saturated rings. The monoisotopic (exact) mass is 154 g/mol. The number of hydrogen-bond donors (Lipinski definition) is 0. The third-order valence-electron chi connectivity index (χ3n) is 1.70. The summed E-state index contributed by atoms with van der Waals surface area (Å²) < 4.78 is 0. The quantitative estimate of drug-likeness (QED) is 0.451. The summed E-state index contributed by atoms with van der Waals surface area (Å²) in [7, 11) is 0. The molecule has 0 amide bonds. The highest BCUT2D eigenvalue weighted by Gasteiger charge is 2.16. The van der Waals surface area contributed by atoms with Crippen molar-refractivity contribution in [3.05, 3.63) is 12.2 Å². The largest absolute Gasteiger partial charge is 0.298 e. The Morgan fingerprint density at radius 2 is 2.00 bits per heavy atom. The van der Waals surface area contributed by atoms with Crippen LogP contribution in [0.2, 0.25) is 0 Å². The fourth-order valence-corrected chi connectivity index (χ4v) is 1.17. The maximum Gasteiger partial charge on any atom is 0.145 e. The van der Waals surface area contributed by atoms with Gasteiger partial charge in [-0.1, -0.05) is 34.3 Å². The normalized spacial score (nSPS) is 14.2. The Labute approximate surface area is 69.5 Å². The van der Waals surface area contributed by atoms with Gasteiger partial charge in [-0.3, -0.25) is 4.79 Å². The molecule has 0 heterocycles. The highest BCUT2D eigenvalue weighted by Crippen LogP contribution is 2.26. The van der Waals surface area contributed by atoms with Crippen LogP contribution in [0.4, 0.5) is 0 Å². The fourth-order valence-electron chi connectivity index (χ4n) is 1.17. The van der Waals surface area contributed by atoms with Crippen LogP contribution >= 0.6 is 0 Å². The van der Waals surface area contributed by atoms with Crippen LogP contribution in [0, 0.1) is 11.3 Å². The average Bonchev–Trinajstić information content (AvgIpc) is 1.82. The summed E-state index contributed by atoms with van der Waals surface area (Å²) in [5.41, 5.74) is 0.991. The number of hydrogen-bond acceptors (Lipinski definition) is 1. The number of carbonyl (C=O) groups excluding carboxylic acids is 1. The molecule has 11 heavy (non-hydrogen) atoms. The second-order valence-electron chi connectivity index (χ2n) is 4.36. The van der Waals surface area contributed by atoms with Crippen molar-refractivity contribution in [2.75, 3.05) is 0 Å². The highest BCUT2D eigenvalue weighted by molar-refractivity contribution is 5.72. The van der Waals surface area contributed by atoms with E-state index < -0.39 is 0 Å². The maximum absolute atomic E-state index is 10.3. The molecule has 0 aliphatic carbocycles. The zero-order chi connectivity index (χ0) is 9.07. The average molecular weight is 154 g/mol. The molecule has 0 aromatic carbocycles. The second-order valence-corrected chi connectivity index (χ2v) is 4.36. The van der Waals surface area contributed by atoms with Gasteiger partial charge in [0.05, 0.1) is 0 Å². The van der Waals surface area contributed by atoms with Gasteiger partial charge in [0.2, 0.25) is 0 Å². The molecule has 1 nitrogen and oxygen atoms in total. The van der Waals surface area contributed by atoms with E-state index in [0.717, 1.165) is 12.7 Å². The highest BCUT2D eigenvalue weighted by atomic mass is 16.1. The molecule has 0 aliphatic rings. The molecule has 0 bridgehead atoms. The van der Waals surface area contributed by atoms with Crippen molar-refractivity contribution in [2.45, 2.75) is 34.1 Å². The molecular formula is C10H18O. The number of allylic oxidation sites excluding steroid dienone is 1. The molecule has 1 unspecified atom stereocenters. The van der Waals surface area contributed by atoms with E-state index in [1.165, 1.54) is 0 Å². The van der Waals surface area contributed by atoms with Crippen LogP contribution in [-0.4, -0.2) is 6.29 Å². The van der Waals surface area contributed by atoms with Crippen LogP contribution in [0.15, 0.2) is 12.2 Å². The predicted molar refractivity (Wildman–Crippen MR) is 48.4 cm³/mol. The van der Waals surface area contributed by atoms with Gasteiger partial charge in [-0.25, -0.2) is 0 Å². The lowest BCUT2D eigenvalue weighted by Gasteiger charge is -2.22. The van der Waals surface area contributed by atoms with Gasteiger partial charge >= 0.3 is 0 Å². The Hall–Kier alpha value is -0.590. The van der Waals surface area contributed by atoms with Gasteiger partial charge in [0.15, 0.2) is 0 Å². The second kappa shape index (κ2) is 3.70. The van der Waals surface area contributed by atoms with E-state index in [9.17, 15) is 4.79 Å². The zero-order valence-electron chi connectivity index (χ0n) is 7.98. The van der Waals surface area contributed by atoms with Crippen molar-refractivity contribution < 1.29 is 4.79 Å². The molecule has 0 saturated heterocycles. The van der Waals surface area contributed by atoms with Gasteiger partial charge in [0, 0.05) is 0 Å². The van der Waals surface area contributed by atoms with Gasteiger partial charge in [-0.2, -0.15) is 0 Å². The van der Waals surface area contributed by atoms with Crippen molar-refractivity contribution in [3.8, 4) is 0 Å². The van der Waals surface area contributed by atoms with Gasteiger partial charge in [0.25, 0.3) is 0 Å². The summed E-state index contributed by atoms with van der Waals surface area (Å²) >= 11 is 0. The molecule has 0 saturated carbocycles. The van der Waals surface area contributed by atoms with Gasteiger partial charge < -0.3 is 0 Å². The maximum atomic E-state index is 10.3. The minimum atomic E-state index is 0.283. The SMILES string of the molecule is C=C(C=O)C(C)CC(C)(C)C. The van der Waals surface area contributed by atoms with E-state index >= 15 is 0 Å². The molecule has 0 radical (unpaired) electrons. The lowest BCUT2D eigenvalue weighted by Crippen LogP contribution is -2.12. The minimum absolute atomic E-state index is 0.283. The summed E-state index contributed by atoms with van der Waals surface area (Å²) in [5, 5.41) is 0. The summed E-state index contributed by atoms with van der Waals surface area (Å²) in [6.07, 6.45) is 1.88. The number of carbonyl (C=O) groups is 1. The van der Waals surface area contributed by atoms with E-state index in [4.69, 9.17) is 0 Å². The van der Waals surface area contributed by atoms with Crippen LogP contribution in [0.5, 0.6) is 0 Å². The summed E-state index contributed by atoms with van der Waals surface area (Å²) in [6, 6.07) is 0. The third kappa shape index (κ3) is 4.77. The van der Waals surface area contributed by atoms with Crippen molar-refractivity contribution in [3.63, 3.8) is 0 Å².